The van der Waals surface area contributed by atoms with Gasteiger partial charge in [0.25, 0.3) is 5.91 Å². The summed E-state index contributed by atoms with van der Waals surface area (Å²) < 4.78 is 24.5. The Morgan fingerprint density at radius 2 is 1.54 bits per heavy atom. The molecule has 1 aromatic carbocycles. The number of nitrogens with one attached hydrogen (secondary N) is 1. The molecule has 2 amide bonds. The topological polar surface area (TPSA) is 90.0 Å². The van der Waals surface area contributed by atoms with Crippen LogP contribution < -0.4 is 5.32 Å². The summed E-state index contributed by atoms with van der Waals surface area (Å²) in [6, 6.07) is 6.96. The lowest BCUT2D eigenvalue weighted by Crippen LogP contribution is -2.47. The number of nitrogens with zero attached hydrogens (tertiary/aromatic N) is 3. The Morgan fingerprint density at radius 1 is 0.964 bits per heavy atom. The van der Waals surface area contributed by atoms with Crippen molar-refractivity contribution in [2.75, 3.05) is 57.9 Å². The highest BCUT2D eigenvalue weighted by Gasteiger charge is 2.29. The van der Waals surface area contributed by atoms with Crippen molar-refractivity contribution in [2.45, 2.75) is 12.8 Å². The second-order valence-corrected chi connectivity index (χ2v) is 9.58. The van der Waals surface area contributed by atoms with E-state index in [1.165, 1.54) is 10.6 Å². The van der Waals surface area contributed by atoms with Gasteiger partial charge >= 0.3 is 0 Å². The van der Waals surface area contributed by atoms with Gasteiger partial charge in [0.1, 0.15) is 0 Å². The Morgan fingerprint density at radius 3 is 2.07 bits per heavy atom. The van der Waals surface area contributed by atoms with Gasteiger partial charge in [0, 0.05) is 56.4 Å². The van der Waals surface area contributed by atoms with Crippen molar-refractivity contribution >= 4 is 27.5 Å². The van der Waals surface area contributed by atoms with Crippen LogP contribution in [0.4, 0.5) is 5.69 Å². The molecule has 2 fully saturated rings. The first-order valence-corrected chi connectivity index (χ1v) is 11.4. The number of carbonyl (C=O) groups excluding carboxylic acids is 2. The fraction of sp³-hybridized carbons (Fsp3) is 0.579. The summed E-state index contributed by atoms with van der Waals surface area (Å²) >= 11 is 0. The van der Waals surface area contributed by atoms with Gasteiger partial charge < -0.3 is 15.1 Å². The maximum absolute atomic E-state index is 12.6. The van der Waals surface area contributed by atoms with E-state index in [0.717, 1.165) is 26.2 Å². The molecule has 28 heavy (non-hydrogen) atoms. The fourth-order valence-electron chi connectivity index (χ4n) is 3.58. The zero-order valence-corrected chi connectivity index (χ0v) is 17.2. The normalized spacial score (nSPS) is 20.1. The molecule has 0 bridgehead atoms. The SMILES string of the molecule is CN1CCN(C(=O)c2ccc(NC(=O)C3CCN(S(C)(=O)=O)CC3)cc2)CC1. The van der Waals surface area contributed by atoms with Crippen molar-refractivity contribution in [3.8, 4) is 0 Å². The zero-order valence-electron chi connectivity index (χ0n) is 16.4. The van der Waals surface area contributed by atoms with Crippen LogP contribution in [0.1, 0.15) is 23.2 Å². The standard InChI is InChI=1S/C19H28N4O4S/c1-21-11-13-22(14-12-21)19(25)16-3-5-17(6-4-16)20-18(24)15-7-9-23(10-8-15)28(2,26)27/h3-6,15H,7-14H2,1-2H3,(H,20,24). The lowest BCUT2D eigenvalue weighted by molar-refractivity contribution is -0.120. The van der Waals surface area contributed by atoms with Gasteiger partial charge in [-0.25, -0.2) is 12.7 Å². The van der Waals surface area contributed by atoms with Crippen LogP contribution in [0.3, 0.4) is 0 Å². The number of hydrogen-bond acceptors (Lipinski definition) is 5. The monoisotopic (exact) mass is 408 g/mol. The van der Waals surface area contributed by atoms with Crippen molar-refractivity contribution in [1.82, 2.24) is 14.1 Å². The van der Waals surface area contributed by atoms with E-state index in [2.05, 4.69) is 10.2 Å². The molecule has 2 aliphatic rings. The minimum absolute atomic E-state index is 0.0131. The minimum atomic E-state index is -3.20. The number of sulfonamides is 1. The van der Waals surface area contributed by atoms with E-state index >= 15 is 0 Å². The number of anilines is 1. The molecule has 8 nitrogen and oxygen atoms in total. The Bertz CT molecular complexity index is 809. The number of carbonyl (C=O) groups is 2. The van der Waals surface area contributed by atoms with E-state index in [4.69, 9.17) is 0 Å². The first-order valence-electron chi connectivity index (χ1n) is 9.58. The molecule has 154 valence electrons. The van der Waals surface area contributed by atoms with E-state index in [1.54, 1.807) is 24.3 Å². The molecule has 1 N–H and O–H groups in total. The number of likely N-dealkylation sites (N-methyl/N-ethyl adjacent to an activating group) is 1. The van der Waals surface area contributed by atoms with Crippen LogP contribution in [0.5, 0.6) is 0 Å². The number of rotatable bonds is 4. The summed E-state index contributed by atoms with van der Waals surface area (Å²) in [4.78, 5) is 29.1. The third kappa shape index (κ3) is 5.09. The first kappa shape index (κ1) is 20.8. The second-order valence-electron chi connectivity index (χ2n) is 7.60. The number of piperidine rings is 1. The summed E-state index contributed by atoms with van der Waals surface area (Å²) in [5, 5.41) is 2.88. The Kier molecular flexibility index (Phi) is 6.36. The van der Waals surface area contributed by atoms with E-state index in [9.17, 15) is 18.0 Å². The van der Waals surface area contributed by atoms with Crippen molar-refractivity contribution in [3.63, 3.8) is 0 Å². The molecule has 0 radical (unpaired) electrons. The summed E-state index contributed by atoms with van der Waals surface area (Å²) in [6.45, 7) is 3.93. The van der Waals surface area contributed by atoms with Gasteiger partial charge in [0.05, 0.1) is 6.26 Å². The molecule has 3 rings (SSSR count). The van der Waals surface area contributed by atoms with Crippen LogP contribution in [-0.4, -0.2) is 86.9 Å². The molecule has 0 atom stereocenters. The van der Waals surface area contributed by atoms with Gasteiger partial charge in [0.15, 0.2) is 0 Å². The highest BCUT2D eigenvalue weighted by Crippen LogP contribution is 2.21. The molecule has 0 aliphatic carbocycles. The smallest absolute Gasteiger partial charge is 0.253 e. The quantitative estimate of drug-likeness (QED) is 0.792. The average Bonchev–Trinajstić information content (AvgIpc) is 2.68. The van der Waals surface area contributed by atoms with Crippen molar-refractivity contribution in [1.29, 1.82) is 0 Å². The molecule has 2 heterocycles. The van der Waals surface area contributed by atoms with E-state index in [-0.39, 0.29) is 17.7 Å². The third-order valence-electron chi connectivity index (χ3n) is 5.48. The number of benzene rings is 1. The van der Waals surface area contributed by atoms with Gasteiger partial charge in [0.2, 0.25) is 15.9 Å². The van der Waals surface area contributed by atoms with Gasteiger partial charge in [-0.1, -0.05) is 0 Å². The van der Waals surface area contributed by atoms with Crippen molar-refractivity contribution < 1.29 is 18.0 Å². The largest absolute Gasteiger partial charge is 0.336 e. The molecular formula is C19H28N4O4S. The molecule has 0 spiro atoms. The van der Waals surface area contributed by atoms with Gasteiger partial charge in [-0.2, -0.15) is 0 Å². The lowest BCUT2D eigenvalue weighted by atomic mass is 9.97. The predicted octanol–water partition coefficient (Wildman–Crippen LogP) is 0.684. The highest BCUT2D eigenvalue weighted by atomic mass is 32.2. The summed E-state index contributed by atoms with van der Waals surface area (Å²) in [5.41, 5.74) is 1.26. The van der Waals surface area contributed by atoms with E-state index in [1.807, 2.05) is 11.9 Å². The van der Waals surface area contributed by atoms with Gasteiger partial charge in [-0.15, -0.1) is 0 Å². The molecule has 0 aromatic heterocycles. The Hall–Kier alpha value is -1.97. The van der Waals surface area contributed by atoms with Crippen LogP contribution in [0.2, 0.25) is 0 Å². The average molecular weight is 409 g/mol. The molecule has 9 heteroatoms. The summed E-state index contributed by atoms with van der Waals surface area (Å²) in [6.07, 6.45) is 2.22. The number of hydrogen-bond donors (Lipinski definition) is 1. The van der Waals surface area contributed by atoms with Gasteiger partial charge in [-0.05, 0) is 44.2 Å². The van der Waals surface area contributed by atoms with Crippen LogP contribution >= 0.6 is 0 Å². The Balaban J connectivity index is 1.53. The summed E-state index contributed by atoms with van der Waals surface area (Å²) in [5.74, 6) is -0.296. The van der Waals surface area contributed by atoms with Gasteiger partial charge in [-0.3, -0.25) is 9.59 Å². The van der Waals surface area contributed by atoms with Crippen LogP contribution in [-0.2, 0) is 14.8 Å². The predicted molar refractivity (Wildman–Crippen MR) is 108 cm³/mol. The summed E-state index contributed by atoms with van der Waals surface area (Å²) in [7, 11) is -1.15. The molecule has 0 saturated carbocycles. The van der Waals surface area contributed by atoms with Crippen molar-refractivity contribution in [3.05, 3.63) is 29.8 Å². The fourth-order valence-corrected chi connectivity index (χ4v) is 4.46. The number of amides is 2. The number of piperazine rings is 1. The molecular weight excluding hydrogens is 380 g/mol. The minimum Gasteiger partial charge on any atom is -0.336 e. The second kappa shape index (κ2) is 8.59. The highest BCUT2D eigenvalue weighted by molar-refractivity contribution is 7.88. The van der Waals surface area contributed by atoms with E-state index < -0.39 is 10.0 Å². The van der Waals surface area contributed by atoms with Crippen LogP contribution in [0, 0.1) is 5.92 Å². The molecule has 1 aromatic rings. The zero-order chi connectivity index (χ0) is 20.3. The maximum Gasteiger partial charge on any atom is 0.253 e. The maximum atomic E-state index is 12.6. The molecule has 0 unspecified atom stereocenters. The third-order valence-corrected chi connectivity index (χ3v) is 6.79. The van der Waals surface area contributed by atoms with Crippen LogP contribution in [0.25, 0.3) is 0 Å². The van der Waals surface area contributed by atoms with Crippen LogP contribution in [0.15, 0.2) is 24.3 Å². The first-order chi connectivity index (χ1) is 13.2. The van der Waals surface area contributed by atoms with Crippen molar-refractivity contribution in [2.24, 2.45) is 5.92 Å². The molecule has 2 aliphatic heterocycles. The Labute approximate surface area is 166 Å². The molecule has 2 saturated heterocycles. The van der Waals surface area contributed by atoms with E-state index in [0.29, 0.717) is 37.2 Å². The lowest BCUT2D eigenvalue weighted by Gasteiger charge is -2.32.